The van der Waals surface area contributed by atoms with E-state index in [-0.39, 0.29) is 0 Å². The molecule has 136 valence electrons. The maximum Gasteiger partial charge on any atom is 0.177 e. The summed E-state index contributed by atoms with van der Waals surface area (Å²) < 4.78 is 14.5. The largest absolute Gasteiger partial charge is 0.493 e. The van der Waals surface area contributed by atoms with Gasteiger partial charge in [-0.2, -0.15) is 0 Å². The second-order valence-electron chi connectivity index (χ2n) is 5.84. The Bertz CT molecular complexity index is 1060. The molecule has 0 aliphatic heterocycles. The molecule has 0 N–H and O–H groups in total. The van der Waals surface area contributed by atoms with Gasteiger partial charge >= 0.3 is 0 Å². The summed E-state index contributed by atoms with van der Waals surface area (Å²) in [6, 6.07) is 20.1. The second-order valence-corrected chi connectivity index (χ2v) is 8.46. The molecule has 4 aromatic rings. The van der Waals surface area contributed by atoms with Gasteiger partial charge in [0, 0.05) is 10.0 Å². The van der Waals surface area contributed by atoms with E-state index >= 15 is 0 Å². The van der Waals surface area contributed by atoms with Crippen LogP contribution in [0.3, 0.4) is 0 Å². The highest BCUT2D eigenvalue weighted by molar-refractivity contribution is 9.13. The molecule has 0 unspecified atom stereocenters. The molecule has 1 aromatic heterocycles. The normalized spacial score (nSPS) is 10.9. The van der Waals surface area contributed by atoms with Crippen LogP contribution in [0.1, 0.15) is 5.56 Å². The van der Waals surface area contributed by atoms with Crippen LogP contribution >= 0.6 is 43.2 Å². The van der Waals surface area contributed by atoms with Crippen LogP contribution in [0, 0.1) is 0 Å². The number of aromatic nitrogens is 1. The number of fused-ring (bicyclic) bond motifs is 1. The Labute approximate surface area is 178 Å². The average molecular weight is 505 g/mol. The van der Waals surface area contributed by atoms with Crippen LogP contribution < -0.4 is 9.47 Å². The minimum atomic E-state index is 0.461. The lowest BCUT2D eigenvalue weighted by Crippen LogP contribution is -1.99. The minimum absolute atomic E-state index is 0.461. The van der Waals surface area contributed by atoms with Gasteiger partial charge < -0.3 is 9.47 Å². The van der Waals surface area contributed by atoms with Gasteiger partial charge in [-0.3, -0.25) is 0 Å². The third-order valence-electron chi connectivity index (χ3n) is 4.10. The predicted molar refractivity (Wildman–Crippen MR) is 118 cm³/mol. The van der Waals surface area contributed by atoms with Gasteiger partial charge in [-0.1, -0.05) is 42.5 Å². The van der Waals surface area contributed by atoms with Crippen LogP contribution in [0.2, 0.25) is 0 Å². The van der Waals surface area contributed by atoms with Gasteiger partial charge in [0.05, 0.1) is 21.8 Å². The first-order valence-corrected chi connectivity index (χ1v) is 10.7. The maximum absolute atomic E-state index is 6.06. The lowest BCUT2D eigenvalue weighted by Gasteiger charge is -2.16. The third-order valence-corrected chi connectivity index (χ3v) is 7.28. The van der Waals surface area contributed by atoms with Crippen LogP contribution in [-0.2, 0) is 6.61 Å². The molecule has 27 heavy (non-hydrogen) atoms. The zero-order valence-corrected chi connectivity index (χ0v) is 18.4. The van der Waals surface area contributed by atoms with Gasteiger partial charge in [0.1, 0.15) is 11.6 Å². The van der Waals surface area contributed by atoms with Crippen molar-refractivity contribution in [1.82, 2.24) is 4.98 Å². The second kappa shape index (κ2) is 8.00. The first kappa shape index (κ1) is 18.5. The van der Waals surface area contributed by atoms with E-state index in [4.69, 9.17) is 14.5 Å². The summed E-state index contributed by atoms with van der Waals surface area (Å²) in [5, 5.41) is 0.927. The lowest BCUT2D eigenvalue weighted by molar-refractivity contribution is 0.282. The van der Waals surface area contributed by atoms with Gasteiger partial charge in [-0.25, -0.2) is 4.98 Å². The maximum atomic E-state index is 6.06. The van der Waals surface area contributed by atoms with E-state index in [9.17, 15) is 0 Å². The van der Waals surface area contributed by atoms with Crippen molar-refractivity contribution in [2.75, 3.05) is 7.11 Å². The van der Waals surface area contributed by atoms with Crippen LogP contribution in [0.15, 0.2) is 69.6 Å². The fraction of sp³-hybridized carbons (Fsp3) is 0.0952. The fourth-order valence-corrected chi connectivity index (χ4v) is 4.87. The zero-order valence-electron chi connectivity index (χ0n) is 14.4. The SMILES string of the molecule is COc1cc(-c2nc3ccccc3s2)c(Br)c(Br)c1OCc1ccccc1. The van der Waals surface area contributed by atoms with E-state index in [2.05, 4.69) is 37.9 Å². The van der Waals surface area contributed by atoms with Crippen molar-refractivity contribution in [3.05, 3.63) is 75.2 Å². The highest BCUT2D eigenvalue weighted by Gasteiger charge is 2.20. The lowest BCUT2D eigenvalue weighted by atomic mass is 10.2. The van der Waals surface area contributed by atoms with Crippen LogP contribution in [0.25, 0.3) is 20.8 Å². The standard InChI is InChI=1S/C21H15Br2NO2S/c1-25-16-11-14(21-24-15-9-5-6-10-17(15)27-21)18(22)19(23)20(16)26-12-13-7-3-2-4-8-13/h2-11H,12H2,1H3. The molecule has 0 saturated heterocycles. The number of nitrogens with zero attached hydrogens (tertiary/aromatic N) is 1. The van der Waals surface area contributed by atoms with Gasteiger partial charge in [-0.05, 0) is 55.6 Å². The summed E-state index contributed by atoms with van der Waals surface area (Å²) in [6.07, 6.45) is 0. The molecule has 6 heteroatoms. The van der Waals surface area contributed by atoms with Crippen molar-refractivity contribution in [2.24, 2.45) is 0 Å². The van der Waals surface area contributed by atoms with E-state index in [1.54, 1.807) is 18.4 Å². The summed E-state index contributed by atoms with van der Waals surface area (Å²) in [6.45, 7) is 0.461. The average Bonchev–Trinajstić information content (AvgIpc) is 3.13. The number of rotatable bonds is 5. The highest BCUT2D eigenvalue weighted by atomic mass is 79.9. The van der Waals surface area contributed by atoms with Gasteiger partial charge in [0.15, 0.2) is 11.5 Å². The Balaban J connectivity index is 1.73. The number of para-hydroxylation sites is 1. The highest BCUT2D eigenvalue weighted by Crippen LogP contribution is 2.47. The van der Waals surface area contributed by atoms with E-state index in [1.807, 2.05) is 54.6 Å². The van der Waals surface area contributed by atoms with Crippen LogP contribution in [0.5, 0.6) is 11.5 Å². The summed E-state index contributed by atoms with van der Waals surface area (Å²) in [7, 11) is 1.65. The Kier molecular flexibility index (Phi) is 5.48. The number of hydrogen-bond donors (Lipinski definition) is 0. The van der Waals surface area contributed by atoms with E-state index < -0.39 is 0 Å². The number of methoxy groups -OCH3 is 1. The molecular weight excluding hydrogens is 490 g/mol. The monoisotopic (exact) mass is 503 g/mol. The Morgan fingerprint density at radius 2 is 1.70 bits per heavy atom. The Morgan fingerprint density at radius 1 is 0.963 bits per heavy atom. The molecule has 0 spiro atoms. The van der Waals surface area contributed by atoms with Gasteiger partial charge in [0.2, 0.25) is 0 Å². The summed E-state index contributed by atoms with van der Waals surface area (Å²) >= 11 is 9.01. The quantitative estimate of drug-likeness (QED) is 0.291. The molecule has 0 fully saturated rings. The van der Waals surface area contributed by atoms with Crippen molar-refractivity contribution in [1.29, 1.82) is 0 Å². The molecular formula is C21H15Br2NO2S. The van der Waals surface area contributed by atoms with E-state index in [0.29, 0.717) is 18.1 Å². The van der Waals surface area contributed by atoms with Crippen molar-refractivity contribution in [3.63, 3.8) is 0 Å². The molecule has 4 rings (SSSR count). The van der Waals surface area contributed by atoms with Crippen LogP contribution in [0.4, 0.5) is 0 Å². The summed E-state index contributed by atoms with van der Waals surface area (Å²) in [5.74, 6) is 1.33. The molecule has 3 aromatic carbocycles. The summed E-state index contributed by atoms with van der Waals surface area (Å²) in [4.78, 5) is 4.75. The first-order valence-electron chi connectivity index (χ1n) is 8.26. The Hall–Kier alpha value is -1.89. The van der Waals surface area contributed by atoms with Gasteiger partial charge in [-0.15, -0.1) is 11.3 Å². The van der Waals surface area contributed by atoms with Crippen molar-refractivity contribution in [2.45, 2.75) is 6.61 Å². The number of benzene rings is 3. The van der Waals surface area contributed by atoms with Gasteiger partial charge in [0.25, 0.3) is 0 Å². The molecule has 0 radical (unpaired) electrons. The number of hydrogen-bond acceptors (Lipinski definition) is 4. The zero-order chi connectivity index (χ0) is 18.8. The smallest absolute Gasteiger partial charge is 0.177 e. The fourth-order valence-electron chi connectivity index (χ4n) is 2.74. The van der Waals surface area contributed by atoms with Crippen molar-refractivity contribution < 1.29 is 9.47 Å². The number of ether oxygens (including phenoxy) is 2. The molecule has 0 bridgehead atoms. The predicted octanol–water partition coefficient (Wildman–Crippen LogP) is 7.08. The molecule has 3 nitrogen and oxygen atoms in total. The third kappa shape index (κ3) is 3.74. The molecule has 0 atom stereocenters. The molecule has 0 aliphatic rings. The van der Waals surface area contributed by atoms with Crippen molar-refractivity contribution >= 4 is 53.4 Å². The van der Waals surface area contributed by atoms with Crippen LogP contribution in [-0.4, -0.2) is 12.1 Å². The van der Waals surface area contributed by atoms with E-state index in [0.717, 1.165) is 35.3 Å². The minimum Gasteiger partial charge on any atom is -0.493 e. The number of halogens is 2. The molecule has 0 amide bonds. The van der Waals surface area contributed by atoms with Crippen molar-refractivity contribution in [3.8, 4) is 22.1 Å². The molecule has 1 heterocycles. The molecule has 0 aliphatic carbocycles. The van der Waals surface area contributed by atoms with E-state index in [1.165, 1.54) is 0 Å². The number of thiazole rings is 1. The Morgan fingerprint density at radius 3 is 2.44 bits per heavy atom. The summed E-state index contributed by atoms with van der Waals surface area (Å²) in [5.41, 5.74) is 3.05. The topological polar surface area (TPSA) is 31.4 Å². The first-order chi connectivity index (χ1) is 13.2. The molecule has 0 saturated carbocycles.